The number of aryl methyl sites for hydroxylation is 1. The maximum atomic E-state index is 6.39. The van der Waals surface area contributed by atoms with Crippen LogP contribution in [0.3, 0.4) is 0 Å². The summed E-state index contributed by atoms with van der Waals surface area (Å²) in [7, 11) is 0.159. The zero-order valence-corrected chi connectivity index (χ0v) is 21.0. The highest BCUT2D eigenvalue weighted by Gasteiger charge is 2.38. The molecule has 1 N–H and O–H groups in total. The van der Waals surface area contributed by atoms with Crippen LogP contribution in [0.2, 0.25) is 18.1 Å². The topological polar surface area (TPSA) is 57.5 Å². The molecule has 172 valence electrons. The number of anilines is 2. The van der Waals surface area contributed by atoms with Crippen LogP contribution in [-0.4, -0.2) is 37.6 Å². The van der Waals surface area contributed by atoms with Gasteiger partial charge >= 0.3 is 0 Å². The lowest BCUT2D eigenvalue weighted by Crippen LogP contribution is -2.43. The fourth-order valence-electron chi connectivity index (χ4n) is 3.37. The van der Waals surface area contributed by atoms with Gasteiger partial charge < -0.3 is 19.2 Å². The van der Waals surface area contributed by atoms with Crippen LogP contribution in [0.1, 0.15) is 52.1 Å². The lowest BCUT2D eigenvalue weighted by molar-refractivity contribution is -0.162. The van der Waals surface area contributed by atoms with Crippen molar-refractivity contribution in [3.63, 3.8) is 0 Å². The first-order valence-corrected chi connectivity index (χ1v) is 14.4. The third-order valence-electron chi connectivity index (χ3n) is 6.37. The van der Waals surface area contributed by atoms with E-state index in [1.807, 2.05) is 17.9 Å². The highest BCUT2D eigenvalue weighted by Crippen LogP contribution is 2.37. The van der Waals surface area contributed by atoms with E-state index in [0.717, 1.165) is 49.4 Å². The molecule has 0 saturated carbocycles. The molecule has 1 unspecified atom stereocenters. The van der Waals surface area contributed by atoms with Crippen LogP contribution in [0.5, 0.6) is 5.75 Å². The van der Waals surface area contributed by atoms with Gasteiger partial charge in [-0.3, -0.25) is 4.68 Å². The van der Waals surface area contributed by atoms with Crippen LogP contribution in [0, 0.1) is 0 Å². The molecule has 0 spiro atoms. The fourth-order valence-corrected chi connectivity index (χ4v) is 4.40. The first kappa shape index (κ1) is 23.8. The summed E-state index contributed by atoms with van der Waals surface area (Å²) in [5, 5.41) is 8.14. The second kappa shape index (κ2) is 10.2. The Kier molecular flexibility index (Phi) is 7.83. The summed E-state index contributed by atoms with van der Waals surface area (Å²) < 4.78 is 19.8. The van der Waals surface area contributed by atoms with Crippen molar-refractivity contribution in [2.24, 2.45) is 7.05 Å². The van der Waals surface area contributed by atoms with Gasteiger partial charge in [-0.1, -0.05) is 20.8 Å². The molecular weight excluding hydrogens is 406 g/mol. The number of benzene rings is 1. The van der Waals surface area contributed by atoms with Gasteiger partial charge in [-0.2, -0.15) is 5.10 Å². The molecule has 0 radical (unpaired) electrons. The Hall–Kier alpha value is -1.83. The quantitative estimate of drug-likeness (QED) is 0.377. The van der Waals surface area contributed by atoms with Crippen molar-refractivity contribution in [3.05, 3.63) is 36.2 Å². The Morgan fingerprint density at radius 3 is 2.58 bits per heavy atom. The average molecular weight is 446 g/mol. The molecule has 6 nitrogen and oxygen atoms in total. The van der Waals surface area contributed by atoms with Crippen molar-refractivity contribution >= 4 is 19.7 Å². The van der Waals surface area contributed by atoms with Crippen LogP contribution in [0.4, 0.5) is 11.4 Å². The van der Waals surface area contributed by atoms with Gasteiger partial charge in [0, 0.05) is 19.3 Å². The highest BCUT2D eigenvalue weighted by atomic mass is 28.4. The van der Waals surface area contributed by atoms with E-state index in [1.165, 1.54) is 12.1 Å². The van der Waals surface area contributed by atoms with Crippen molar-refractivity contribution in [2.45, 2.75) is 77.3 Å². The van der Waals surface area contributed by atoms with E-state index < -0.39 is 8.32 Å². The van der Waals surface area contributed by atoms with Gasteiger partial charge in [0.15, 0.2) is 6.29 Å². The highest BCUT2D eigenvalue weighted by molar-refractivity contribution is 6.74. The Morgan fingerprint density at radius 2 is 1.94 bits per heavy atom. The Labute approximate surface area is 188 Å². The van der Waals surface area contributed by atoms with Crippen molar-refractivity contribution in [2.75, 3.05) is 18.5 Å². The number of hydrogen-bond donors (Lipinski definition) is 1. The normalized spacial score (nSPS) is 17.5. The first-order chi connectivity index (χ1) is 14.7. The maximum absolute atomic E-state index is 6.39. The van der Waals surface area contributed by atoms with E-state index >= 15 is 0 Å². The molecule has 0 aliphatic carbocycles. The molecule has 2 heterocycles. The number of hydrogen-bond acceptors (Lipinski definition) is 5. The van der Waals surface area contributed by atoms with Crippen molar-refractivity contribution < 1.29 is 13.9 Å². The number of rotatable bonds is 9. The maximum Gasteiger partial charge on any atom is 0.250 e. The predicted molar refractivity (Wildman–Crippen MR) is 129 cm³/mol. The van der Waals surface area contributed by atoms with E-state index in [0.29, 0.717) is 6.61 Å². The van der Waals surface area contributed by atoms with Crippen molar-refractivity contribution in [1.82, 2.24) is 9.78 Å². The third kappa shape index (κ3) is 6.57. The minimum atomic E-state index is -1.83. The molecule has 1 aliphatic rings. The second-order valence-corrected chi connectivity index (χ2v) is 14.6. The molecule has 1 aliphatic heterocycles. The van der Waals surface area contributed by atoms with Crippen LogP contribution in [0.15, 0.2) is 30.5 Å². The molecule has 1 atom stereocenters. The zero-order valence-electron chi connectivity index (χ0n) is 20.0. The summed E-state index contributed by atoms with van der Waals surface area (Å²) in [6.07, 6.45) is 7.05. The molecule has 1 aromatic carbocycles. The van der Waals surface area contributed by atoms with Crippen LogP contribution in [0.25, 0.3) is 0 Å². The molecule has 0 amide bonds. The van der Waals surface area contributed by atoms with Gasteiger partial charge in [-0.05, 0) is 74.5 Å². The second-order valence-electron chi connectivity index (χ2n) is 9.91. The molecule has 2 aromatic rings. The predicted octanol–water partition coefficient (Wildman–Crippen LogP) is 6.02. The number of aromatic nitrogens is 2. The van der Waals surface area contributed by atoms with E-state index in [1.54, 1.807) is 0 Å². The molecule has 1 aromatic heterocycles. The standard InChI is InChI=1S/C24H39N3O3Si/c1-24(2,3)31(5,6)30-20-14-12-19(13-15-20)26-21-18-25-27(4)22(21)10-9-17-29-23-11-7-8-16-28-23/h12-15,18,23,26H,7-11,16-17H2,1-6H3. The van der Waals surface area contributed by atoms with Gasteiger partial charge in [0.1, 0.15) is 5.75 Å². The molecule has 1 fully saturated rings. The average Bonchev–Trinajstić information content (AvgIpc) is 3.06. The van der Waals surface area contributed by atoms with Crippen molar-refractivity contribution in [3.8, 4) is 5.75 Å². The summed E-state index contributed by atoms with van der Waals surface area (Å²) in [5.41, 5.74) is 3.24. The van der Waals surface area contributed by atoms with Crippen LogP contribution < -0.4 is 9.74 Å². The summed E-state index contributed by atoms with van der Waals surface area (Å²) in [5.74, 6) is 0.936. The van der Waals surface area contributed by atoms with Gasteiger partial charge in [-0.15, -0.1) is 0 Å². The van der Waals surface area contributed by atoms with E-state index in [4.69, 9.17) is 13.9 Å². The number of nitrogens with zero attached hydrogens (tertiary/aromatic N) is 2. The van der Waals surface area contributed by atoms with Gasteiger partial charge in [-0.25, -0.2) is 0 Å². The van der Waals surface area contributed by atoms with Crippen LogP contribution in [-0.2, 0) is 22.9 Å². The zero-order chi connectivity index (χ0) is 22.5. The lowest BCUT2D eigenvalue weighted by atomic mass is 10.2. The molecular formula is C24H39N3O3Si. The van der Waals surface area contributed by atoms with Gasteiger partial charge in [0.05, 0.1) is 24.2 Å². The molecule has 7 heteroatoms. The van der Waals surface area contributed by atoms with Crippen LogP contribution >= 0.6 is 0 Å². The summed E-state index contributed by atoms with van der Waals surface area (Å²) in [6.45, 7) is 12.8. The first-order valence-electron chi connectivity index (χ1n) is 11.5. The molecule has 3 rings (SSSR count). The number of nitrogens with one attached hydrogen (secondary N) is 1. The molecule has 31 heavy (non-hydrogen) atoms. The molecule has 1 saturated heterocycles. The SMILES string of the molecule is Cn1ncc(Nc2ccc(O[Si](C)(C)C(C)(C)C)cc2)c1CCCOC1CCCCO1. The Balaban J connectivity index is 1.54. The summed E-state index contributed by atoms with van der Waals surface area (Å²) >= 11 is 0. The van der Waals surface area contributed by atoms with Gasteiger partial charge in [0.2, 0.25) is 8.32 Å². The Morgan fingerprint density at radius 1 is 1.19 bits per heavy atom. The summed E-state index contributed by atoms with van der Waals surface area (Å²) in [4.78, 5) is 0. The summed E-state index contributed by atoms with van der Waals surface area (Å²) in [6, 6.07) is 8.25. The number of ether oxygens (including phenoxy) is 2. The van der Waals surface area contributed by atoms with E-state index in [-0.39, 0.29) is 11.3 Å². The van der Waals surface area contributed by atoms with Crippen molar-refractivity contribution in [1.29, 1.82) is 0 Å². The monoisotopic (exact) mass is 445 g/mol. The largest absolute Gasteiger partial charge is 0.544 e. The lowest BCUT2D eigenvalue weighted by Gasteiger charge is -2.36. The minimum Gasteiger partial charge on any atom is -0.544 e. The smallest absolute Gasteiger partial charge is 0.250 e. The van der Waals surface area contributed by atoms with E-state index in [2.05, 4.69) is 68.5 Å². The Bertz CT molecular complexity index is 822. The third-order valence-corrected chi connectivity index (χ3v) is 10.7. The molecule has 0 bridgehead atoms. The fraction of sp³-hybridized carbons (Fsp3) is 0.625. The minimum absolute atomic E-state index is 0.0232. The van der Waals surface area contributed by atoms with Gasteiger partial charge in [0.25, 0.3) is 0 Å². The van der Waals surface area contributed by atoms with E-state index in [9.17, 15) is 0 Å².